The molecule has 5 heteroatoms. The maximum atomic E-state index is 11.7. The molecule has 3 rings (SSSR count). The summed E-state index contributed by atoms with van der Waals surface area (Å²) in [5.41, 5.74) is 2.54. The normalized spacial score (nSPS) is 10.7. The summed E-state index contributed by atoms with van der Waals surface area (Å²) in [6, 6.07) is 16.4. The van der Waals surface area contributed by atoms with Crippen molar-refractivity contribution < 1.29 is 13.9 Å². The van der Waals surface area contributed by atoms with Gasteiger partial charge in [0, 0.05) is 17.7 Å². The van der Waals surface area contributed by atoms with Crippen molar-refractivity contribution >= 4 is 23.1 Å². The third-order valence-corrected chi connectivity index (χ3v) is 3.18. The SMILES string of the molecule is N#Cc1ccccc1COC(=O)/C=C/c1nc2ccccc2o1. The lowest BCUT2D eigenvalue weighted by atomic mass is 10.1. The number of hydrogen-bond acceptors (Lipinski definition) is 5. The first-order valence-corrected chi connectivity index (χ1v) is 6.94. The van der Waals surface area contributed by atoms with Gasteiger partial charge in [-0.3, -0.25) is 0 Å². The summed E-state index contributed by atoms with van der Waals surface area (Å²) in [5, 5.41) is 8.98. The minimum atomic E-state index is -0.528. The molecule has 2 aromatic carbocycles. The number of esters is 1. The van der Waals surface area contributed by atoms with E-state index >= 15 is 0 Å². The molecule has 0 amide bonds. The Morgan fingerprint density at radius 1 is 1.22 bits per heavy atom. The molecule has 112 valence electrons. The molecule has 0 N–H and O–H groups in total. The van der Waals surface area contributed by atoms with Gasteiger partial charge in [0.25, 0.3) is 0 Å². The second-order valence-electron chi connectivity index (χ2n) is 4.73. The molecule has 0 aliphatic rings. The average Bonchev–Trinajstić information content (AvgIpc) is 3.01. The van der Waals surface area contributed by atoms with Crippen molar-refractivity contribution in [1.82, 2.24) is 4.98 Å². The zero-order valence-electron chi connectivity index (χ0n) is 12.1. The highest BCUT2D eigenvalue weighted by molar-refractivity contribution is 5.87. The molecular weight excluding hydrogens is 292 g/mol. The molecule has 1 heterocycles. The fourth-order valence-corrected chi connectivity index (χ4v) is 2.05. The van der Waals surface area contributed by atoms with E-state index in [1.807, 2.05) is 18.2 Å². The van der Waals surface area contributed by atoms with Crippen molar-refractivity contribution in [3.05, 3.63) is 71.6 Å². The van der Waals surface area contributed by atoms with Crippen molar-refractivity contribution in [2.24, 2.45) is 0 Å². The molecule has 23 heavy (non-hydrogen) atoms. The monoisotopic (exact) mass is 304 g/mol. The van der Waals surface area contributed by atoms with Crippen molar-refractivity contribution in [3.8, 4) is 6.07 Å². The summed E-state index contributed by atoms with van der Waals surface area (Å²) < 4.78 is 10.6. The van der Waals surface area contributed by atoms with E-state index in [1.54, 1.807) is 30.3 Å². The molecule has 3 aromatic rings. The first kappa shape index (κ1) is 14.5. The van der Waals surface area contributed by atoms with Gasteiger partial charge in [-0.1, -0.05) is 30.3 Å². The lowest BCUT2D eigenvalue weighted by Gasteiger charge is -2.03. The quantitative estimate of drug-likeness (QED) is 0.545. The number of rotatable bonds is 4. The predicted octanol–water partition coefficient (Wildman–Crippen LogP) is 3.46. The molecule has 0 saturated heterocycles. The van der Waals surface area contributed by atoms with E-state index in [4.69, 9.17) is 14.4 Å². The molecule has 0 radical (unpaired) electrons. The summed E-state index contributed by atoms with van der Waals surface area (Å²) in [7, 11) is 0. The maximum Gasteiger partial charge on any atom is 0.331 e. The lowest BCUT2D eigenvalue weighted by Crippen LogP contribution is -2.02. The van der Waals surface area contributed by atoms with E-state index in [-0.39, 0.29) is 6.61 Å². The van der Waals surface area contributed by atoms with Crippen molar-refractivity contribution in [2.45, 2.75) is 6.61 Å². The molecule has 0 fully saturated rings. The zero-order valence-corrected chi connectivity index (χ0v) is 12.1. The third-order valence-electron chi connectivity index (χ3n) is 3.18. The van der Waals surface area contributed by atoms with E-state index in [0.717, 1.165) is 5.52 Å². The van der Waals surface area contributed by atoms with Crippen molar-refractivity contribution in [1.29, 1.82) is 5.26 Å². The van der Waals surface area contributed by atoms with Gasteiger partial charge in [0.1, 0.15) is 12.1 Å². The smallest absolute Gasteiger partial charge is 0.331 e. The third kappa shape index (κ3) is 3.44. The molecule has 0 bridgehead atoms. The highest BCUT2D eigenvalue weighted by atomic mass is 16.5. The Morgan fingerprint density at radius 3 is 2.83 bits per heavy atom. The van der Waals surface area contributed by atoms with Crippen molar-refractivity contribution in [3.63, 3.8) is 0 Å². The molecular formula is C18H12N2O3. The van der Waals surface area contributed by atoms with Crippen LogP contribution in [0, 0.1) is 11.3 Å². The minimum Gasteiger partial charge on any atom is -0.458 e. The summed E-state index contributed by atoms with van der Waals surface area (Å²) in [4.78, 5) is 16.0. The van der Waals surface area contributed by atoms with E-state index in [9.17, 15) is 4.79 Å². The molecule has 0 atom stereocenters. The molecule has 0 spiro atoms. The Bertz CT molecular complexity index is 886. The average molecular weight is 304 g/mol. The van der Waals surface area contributed by atoms with Gasteiger partial charge in [0.15, 0.2) is 5.58 Å². The fourth-order valence-electron chi connectivity index (χ4n) is 2.05. The highest BCUT2D eigenvalue weighted by Crippen LogP contribution is 2.15. The van der Waals surface area contributed by atoms with Gasteiger partial charge >= 0.3 is 5.97 Å². The minimum absolute atomic E-state index is 0.0421. The fraction of sp³-hybridized carbons (Fsp3) is 0.0556. The molecule has 0 unspecified atom stereocenters. The maximum absolute atomic E-state index is 11.7. The van der Waals surface area contributed by atoms with Crippen LogP contribution in [0.25, 0.3) is 17.2 Å². The number of benzene rings is 2. The highest BCUT2D eigenvalue weighted by Gasteiger charge is 2.05. The van der Waals surface area contributed by atoms with Gasteiger partial charge < -0.3 is 9.15 Å². The Labute approximate surface area is 132 Å². The number of oxazole rings is 1. The Balaban J connectivity index is 1.64. The van der Waals surface area contributed by atoms with Crippen LogP contribution in [0.5, 0.6) is 0 Å². The largest absolute Gasteiger partial charge is 0.458 e. The van der Waals surface area contributed by atoms with Crippen LogP contribution in [0.15, 0.2) is 59.0 Å². The van der Waals surface area contributed by atoms with Crippen LogP contribution in [-0.2, 0) is 16.1 Å². The first-order chi connectivity index (χ1) is 11.3. The van der Waals surface area contributed by atoms with Gasteiger partial charge in [-0.15, -0.1) is 0 Å². The summed E-state index contributed by atoms with van der Waals surface area (Å²) in [6.07, 6.45) is 2.71. The van der Waals surface area contributed by atoms with Crippen LogP contribution in [0.4, 0.5) is 0 Å². The van der Waals surface area contributed by atoms with Gasteiger partial charge in [0.2, 0.25) is 5.89 Å². The second kappa shape index (κ2) is 6.58. The number of aromatic nitrogens is 1. The van der Waals surface area contributed by atoms with Crippen LogP contribution >= 0.6 is 0 Å². The van der Waals surface area contributed by atoms with Crippen LogP contribution in [-0.4, -0.2) is 11.0 Å². The van der Waals surface area contributed by atoms with Gasteiger partial charge in [-0.05, 0) is 18.2 Å². The molecule has 0 aliphatic heterocycles. The summed E-state index contributed by atoms with van der Waals surface area (Å²) in [6.45, 7) is 0.0421. The zero-order chi connectivity index (χ0) is 16.1. The van der Waals surface area contributed by atoms with E-state index in [0.29, 0.717) is 22.6 Å². The first-order valence-electron chi connectivity index (χ1n) is 6.94. The standard InChI is InChI=1S/C18H12N2O3/c19-11-13-5-1-2-6-14(13)12-22-18(21)10-9-17-20-15-7-3-4-8-16(15)23-17/h1-10H,12H2/b10-9+. The molecule has 1 aromatic heterocycles. The Morgan fingerprint density at radius 2 is 2.00 bits per heavy atom. The number of nitriles is 1. The van der Waals surface area contributed by atoms with Crippen LogP contribution in [0.1, 0.15) is 17.0 Å². The van der Waals surface area contributed by atoms with Gasteiger partial charge in [0.05, 0.1) is 11.6 Å². The number of ether oxygens (including phenoxy) is 1. The predicted molar refractivity (Wildman–Crippen MR) is 84.0 cm³/mol. The number of nitrogens with zero attached hydrogens (tertiary/aromatic N) is 2. The van der Waals surface area contributed by atoms with Gasteiger partial charge in [-0.2, -0.15) is 5.26 Å². The van der Waals surface area contributed by atoms with Crippen LogP contribution in [0.3, 0.4) is 0 Å². The number of hydrogen-bond donors (Lipinski definition) is 0. The topological polar surface area (TPSA) is 76.1 Å². The number of carbonyl (C=O) groups excluding carboxylic acids is 1. The summed E-state index contributed by atoms with van der Waals surface area (Å²) >= 11 is 0. The lowest BCUT2D eigenvalue weighted by molar-refractivity contribution is -0.138. The molecule has 5 nitrogen and oxygen atoms in total. The van der Waals surface area contributed by atoms with E-state index < -0.39 is 5.97 Å². The van der Waals surface area contributed by atoms with E-state index in [2.05, 4.69) is 11.1 Å². The number of fused-ring (bicyclic) bond motifs is 1. The van der Waals surface area contributed by atoms with Gasteiger partial charge in [-0.25, -0.2) is 9.78 Å². The Kier molecular flexibility index (Phi) is 4.16. The number of para-hydroxylation sites is 2. The van der Waals surface area contributed by atoms with Crippen LogP contribution in [0.2, 0.25) is 0 Å². The molecule has 0 saturated carbocycles. The van der Waals surface area contributed by atoms with E-state index in [1.165, 1.54) is 12.2 Å². The van der Waals surface area contributed by atoms with Crippen LogP contribution < -0.4 is 0 Å². The molecule has 0 aliphatic carbocycles. The second-order valence-corrected chi connectivity index (χ2v) is 4.73. The van der Waals surface area contributed by atoms with Crippen molar-refractivity contribution in [2.75, 3.05) is 0 Å². The Hall–Kier alpha value is -3.39. The number of carbonyl (C=O) groups is 1. The summed E-state index contributed by atoms with van der Waals surface area (Å²) in [5.74, 6) is -0.194.